The summed E-state index contributed by atoms with van der Waals surface area (Å²) in [7, 11) is 0. The Hall–Kier alpha value is -0.120. The zero-order chi connectivity index (χ0) is 11.8. The van der Waals surface area contributed by atoms with E-state index in [2.05, 4.69) is 4.90 Å². The van der Waals surface area contributed by atoms with Crippen LogP contribution in [0.25, 0.3) is 0 Å². The van der Waals surface area contributed by atoms with Crippen LogP contribution in [0.1, 0.15) is 51.9 Å². The Bertz CT molecular complexity index is 165. The number of aliphatic hydroxyl groups is 1. The van der Waals surface area contributed by atoms with Crippen molar-refractivity contribution in [2.24, 2.45) is 5.73 Å². The Morgan fingerprint density at radius 1 is 1.25 bits per heavy atom. The minimum Gasteiger partial charge on any atom is -0.392 e. The molecule has 0 amide bonds. The van der Waals surface area contributed by atoms with Crippen LogP contribution in [0.3, 0.4) is 0 Å². The maximum atomic E-state index is 9.55. The van der Waals surface area contributed by atoms with E-state index in [0.29, 0.717) is 6.04 Å². The molecule has 0 spiro atoms. The molecule has 1 fully saturated rings. The fourth-order valence-electron chi connectivity index (χ4n) is 2.68. The molecule has 1 aliphatic carbocycles. The van der Waals surface area contributed by atoms with Crippen molar-refractivity contribution in [1.82, 2.24) is 4.90 Å². The first-order chi connectivity index (χ1) is 7.74. The molecule has 3 heteroatoms. The maximum absolute atomic E-state index is 9.55. The van der Waals surface area contributed by atoms with Gasteiger partial charge in [0.05, 0.1) is 6.10 Å². The maximum Gasteiger partial charge on any atom is 0.0639 e. The Kier molecular flexibility index (Phi) is 7.01. The molecule has 0 aromatic heterocycles. The van der Waals surface area contributed by atoms with E-state index in [9.17, 15) is 5.11 Å². The molecule has 1 atom stereocenters. The Morgan fingerprint density at radius 3 is 2.38 bits per heavy atom. The van der Waals surface area contributed by atoms with Crippen LogP contribution in [-0.4, -0.2) is 41.8 Å². The monoisotopic (exact) mass is 228 g/mol. The van der Waals surface area contributed by atoms with Crippen LogP contribution in [0.4, 0.5) is 0 Å². The molecule has 0 aromatic carbocycles. The molecule has 1 unspecified atom stereocenters. The fourth-order valence-corrected chi connectivity index (χ4v) is 2.68. The van der Waals surface area contributed by atoms with Gasteiger partial charge >= 0.3 is 0 Å². The van der Waals surface area contributed by atoms with Gasteiger partial charge in [-0.3, -0.25) is 4.90 Å². The van der Waals surface area contributed by atoms with Gasteiger partial charge in [-0.1, -0.05) is 25.7 Å². The zero-order valence-electron chi connectivity index (χ0n) is 10.7. The molecule has 1 aliphatic rings. The first kappa shape index (κ1) is 13.9. The van der Waals surface area contributed by atoms with E-state index in [4.69, 9.17) is 5.73 Å². The molecule has 3 nitrogen and oxygen atoms in total. The van der Waals surface area contributed by atoms with Crippen molar-refractivity contribution >= 4 is 0 Å². The lowest BCUT2D eigenvalue weighted by molar-refractivity contribution is 0.0909. The van der Waals surface area contributed by atoms with Gasteiger partial charge in [0.25, 0.3) is 0 Å². The highest BCUT2D eigenvalue weighted by molar-refractivity contribution is 4.76. The molecule has 0 saturated heterocycles. The predicted molar refractivity (Wildman–Crippen MR) is 68.4 cm³/mol. The molecule has 0 bridgehead atoms. The van der Waals surface area contributed by atoms with E-state index in [1.807, 2.05) is 6.92 Å². The second-order valence-corrected chi connectivity index (χ2v) is 5.13. The normalized spacial score (nSPS) is 21.0. The zero-order valence-corrected chi connectivity index (χ0v) is 10.7. The molecule has 1 saturated carbocycles. The summed E-state index contributed by atoms with van der Waals surface area (Å²) in [5, 5.41) is 9.55. The highest BCUT2D eigenvalue weighted by atomic mass is 16.3. The van der Waals surface area contributed by atoms with Gasteiger partial charge in [-0.2, -0.15) is 0 Å². The van der Waals surface area contributed by atoms with E-state index in [-0.39, 0.29) is 6.10 Å². The molecule has 96 valence electrons. The van der Waals surface area contributed by atoms with E-state index in [0.717, 1.165) is 26.1 Å². The molecule has 0 aliphatic heterocycles. The first-order valence-corrected chi connectivity index (χ1v) is 6.86. The van der Waals surface area contributed by atoms with Crippen LogP contribution in [0.5, 0.6) is 0 Å². The minimum atomic E-state index is -0.221. The van der Waals surface area contributed by atoms with Gasteiger partial charge < -0.3 is 10.8 Å². The van der Waals surface area contributed by atoms with Gasteiger partial charge in [-0.05, 0) is 39.3 Å². The van der Waals surface area contributed by atoms with Crippen LogP contribution in [0, 0.1) is 0 Å². The van der Waals surface area contributed by atoms with Crippen LogP contribution in [0.2, 0.25) is 0 Å². The molecule has 3 N–H and O–H groups in total. The quantitative estimate of drug-likeness (QED) is 0.681. The first-order valence-electron chi connectivity index (χ1n) is 6.86. The van der Waals surface area contributed by atoms with Crippen molar-refractivity contribution in [3.05, 3.63) is 0 Å². The van der Waals surface area contributed by atoms with E-state index < -0.39 is 0 Å². The van der Waals surface area contributed by atoms with Crippen molar-refractivity contribution < 1.29 is 5.11 Å². The highest BCUT2D eigenvalue weighted by Gasteiger charge is 2.20. The van der Waals surface area contributed by atoms with Gasteiger partial charge in [0.15, 0.2) is 0 Å². The van der Waals surface area contributed by atoms with Crippen molar-refractivity contribution in [3.8, 4) is 0 Å². The Balaban J connectivity index is 2.43. The summed E-state index contributed by atoms with van der Waals surface area (Å²) in [6.45, 7) is 4.49. The molecule has 0 heterocycles. The Morgan fingerprint density at radius 2 is 1.88 bits per heavy atom. The van der Waals surface area contributed by atoms with Gasteiger partial charge in [0, 0.05) is 12.6 Å². The number of rotatable bonds is 6. The smallest absolute Gasteiger partial charge is 0.0639 e. The lowest BCUT2D eigenvalue weighted by Crippen LogP contribution is -2.40. The molecule has 1 rings (SSSR count). The van der Waals surface area contributed by atoms with Crippen LogP contribution < -0.4 is 5.73 Å². The highest BCUT2D eigenvalue weighted by Crippen LogP contribution is 2.22. The SMILES string of the molecule is CC(O)CN(CCCN)C1CCCCCC1. The average Bonchev–Trinajstić information content (AvgIpc) is 2.52. The summed E-state index contributed by atoms with van der Waals surface area (Å²) in [6.07, 6.45) is 8.90. The summed E-state index contributed by atoms with van der Waals surface area (Å²) in [5.41, 5.74) is 5.58. The van der Waals surface area contributed by atoms with Crippen LogP contribution in [0.15, 0.2) is 0 Å². The lowest BCUT2D eigenvalue weighted by atomic mass is 10.1. The number of nitrogens with two attached hydrogens (primary N) is 1. The number of hydrogen-bond donors (Lipinski definition) is 2. The number of nitrogens with zero attached hydrogens (tertiary/aromatic N) is 1. The number of hydrogen-bond acceptors (Lipinski definition) is 3. The third-order valence-electron chi connectivity index (χ3n) is 3.49. The largest absolute Gasteiger partial charge is 0.392 e. The second kappa shape index (κ2) is 8.04. The second-order valence-electron chi connectivity index (χ2n) is 5.13. The lowest BCUT2D eigenvalue weighted by Gasteiger charge is -2.32. The summed E-state index contributed by atoms with van der Waals surface area (Å²) >= 11 is 0. The summed E-state index contributed by atoms with van der Waals surface area (Å²) < 4.78 is 0. The van der Waals surface area contributed by atoms with Gasteiger partial charge in [0.1, 0.15) is 0 Å². The summed E-state index contributed by atoms with van der Waals surface area (Å²) in [4.78, 5) is 2.46. The van der Waals surface area contributed by atoms with Gasteiger partial charge in [-0.25, -0.2) is 0 Å². The number of aliphatic hydroxyl groups excluding tert-OH is 1. The molecule has 16 heavy (non-hydrogen) atoms. The Labute approximate surface area is 100 Å². The molecule has 0 radical (unpaired) electrons. The van der Waals surface area contributed by atoms with E-state index in [1.165, 1.54) is 38.5 Å². The minimum absolute atomic E-state index is 0.221. The van der Waals surface area contributed by atoms with E-state index in [1.54, 1.807) is 0 Å². The standard InChI is InChI=1S/C13H28N2O/c1-12(16)11-15(10-6-9-14)13-7-4-2-3-5-8-13/h12-13,16H,2-11,14H2,1H3. The third-order valence-corrected chi connectivity index (χ3v) is 3.49. The van der Waals surface area contributed by atoms with Crippen molar-refractivity contribution in [1.29, 1.82) is 0 Å². The van der Waals surface area contributed by atoms with Crippen LogP contribution in [-0.2, 0) is 0 Å². The average molecular weight is 228 g/mol. The topological polar surface area (TPSA) is 49.5 Å². The predicted octanol–water partition coefficient (Wildman–Crippen LogP) is 1.74. The van der Waals surface area contributed by atoms with Gasteiger partial charge in [-0.15, -0.1) is 0 Å². The van der Waals surface area contributed by atoms with Crippen molar-refractivity contribution in [2.75, 3.05) is 19.6 Å². The van der Waals surface area contributed by atoms with Crippen molar-refractivity contribution in [3.63, 3.8) is 0 Å². The molecular weight excluding hydrogens is 200 g/mol. The molecule has 0 aromatic rings. The van der Waals surface area contributed by atoms with Crippen molar-refractivity contribution in [2.45, 2.75) is 64.0 Å². The fraction of sp³-hybridized carbons (Fsp3) is 1.00. The van der Waals surface area contributed by atoms with E-state index >= 15 is 0 Å². The third kappa shape index (κ3) is 5.28. The van der Waals surface area contributed by atoms with Crippen LogP contribution >= 0.6 is 0 Å². The summed E-state index contributed by atoms with van der Waals surface area (Å²) in [5.74, 6) is 0. The molecular formula is C13H28N2O. The summed E-state index contributed by atoms with van der Waals surface area (Å²) in [6, 6.07) is 0.684. The van der Waals surface area contributed by atoms with Gasteiger partial charge in [0.2, 0.25) is 0 Å².